The average molecular weight is 286 g/mol. The summed E-state index contributed by atoms with van der Waals surface area (Å²) in [6, 6.07) is 15.1. The lowest BCUT2D eigenvalue weighted by Crippen LogP contribution is -2.10. The molecule has 0 radical (unpaired) electrons. The molecule has 0 unspecified atom stereocenters. The largest absolute Gasteiger partial charge is 0.576 e. The summed E-state index contributed by atoms with van der Waals surface area (Å²) in [6.45, 7) is 0.297. The molecule has 2 aromatic carbocycles. The Bertz CT molecular complexity index is 475. The smallest absolute Gasteiger partial charge is 0.529 e. The molecule has 2 rings (SSSR count). The lowest BCUT2D eigenvalue weighted by Gasteiger charge is -2.08. The van der Waals surface area contributed by atoms with Crippen molar-refractivity contribution in [2.75, 3.05) is 13.2 Å². The zero-order valence-electron chi connectivity index (χ0n) is 11.9. The van der Waals surface area contributed by atoms with E-state index in [1.165, 1.54) is 0 Å². The monoisotopic (exact) mass is 286 g/mol. The van der Waals surface area contributed by atoms with E-state index in [4.69, 9.17) is 19.5 Å². The molecule has 0 spiro atoms. The first-order valence-corrected chi connectivity index (χ1v) is 6.97. The predicted octanol–water partition coefficient (Wildman–Crippen LogP) is 1.48. The molecule has 0 saturated heterocycles. The van der Waals surface area contributed by atoms with Crippen LogP contribution in [0.2, 0.25) is 0 Å². The summed E-state index contributed by atoms with van der Waals surface area (Å²) >= 11 is 0. The first-order chi connectivity index (χ1) is 10.3. The van der Waals surface area contributed by atoms with Crippen molar-refractivity contribution in [3.05, 3.63) is 59.7 Å². The van der Waals surface area contributed by atoms with Gasteiger partial charge in [-0.3, -0.25) is 0 Å². The maximum Gasteiger partial charge on any atom is 0.576 e. The molecule has 0 aliphatic carbocycles. The van der Waals surface area contributed by atoms with Crippen molar-refractivity contribution in [3.8, 4) is 11.5 Å². The first-order valence-electron chi connectivity index (χ1n) is 6.97. The third-order valence-corrected chi connectivity index (χ3v) is 3.10. The lowest BCUT2D eigenvalue weighted by molar-refractivity contribution is 0.299. The Labute approximate surface area is 125 Å². The third-order valence-electron chi connectivity index (χ3n) is 3.10. The van der Waals surface area contributed by atoms with Crippen LogP contribution >= 0.6 is 0 Å². The van der Waals surface area contributed by atoms with E-state index in [-0.39, 0.29) is 20.9 Å². The number of hydrogen-bond donors (Lipinski definition) is 2. The standard InChI is InChI=1S/C16H19BO4/c18-11-9-13-1-5-15(6-2-13)20-17-21-16-7-3-14(4-8-16)10-12-19/h1-8,17-19H,9-12H2. The van der Waals surface area contributed by atoms with Gasteiger partial charge in [-0.2, -0.15) is 0 Å². The van der Waals surface area contributed by atoms with Gasteiger partial charge in [-0.25, -0.2) is 0 Å². The van der Waals surface area contributed by atoms with E-state index in [0.717, 1.165) is 22.6 Å². The highest BCUT2D eigenvalue weighted by atomic mass is 16.6. The molecule has 21 heavy (non-hydrogen) atoms. The van der Waals surface area contributed by atoms with E-state index in [0.29, 0.717) is 12.8 Å². The van der Waals surface area contributed by atoms with Crippen LogP contribution in [0.5, 0.6) is 11.5 Å². The summed E-state index contributed by atoms with van der Waals surface area (Å²) in [5.41, 5.74) is 2.15. The third kappa shape index (κ3) is 5.13. The van der Waals surface area contributed by atoms with Gasteiger partial charge in [-0.05, 0) is 48.2 Å². The zero-order valence-corrected chi connectivity index (χ0v) is 11.9. The van der Waals surface area contributed by atoms with Crippen LogP contribution in [0.25, 0.3) is 0 Å². The Morgan fingerprint density at radius 2 is 1.05 bits per heavy atom. The Balaban J connectivity index is 1.78. The Hall–Kier alpha value is -1.98. The van der Waals surface area contributed by atoms with Gasteiger partial charge in [0.25, 0.3) is 0 Å². The molecular formula is C16H19BO4. The number of aliphatic hydroxyl groups is 2. The second kappa shape index (κ2) is 8.34. The van der Waals surface area contributed by atoms with Gasteiger partial charge in [0.1, 0.15) is 11.5 Å². The fraction of sp³-hybridized carbons (Fsp3) is 0.250. The van der Waals surface area contributed by atoms with Crippen molar-refractivity contribution in [3.63, 3.8) is 0 Å². The quantitative estimate of drug-likeness (QED) is 0.722. The maximum atomic E-state index is 8.84. The highest BCUT2D eigenvalue weighted by molar-refractivity contribution is 6.20. The van der Waals surface area contributed by atoms with Crippen LogP contribution in [-0.2, 0) is 12.8 Å². The van der Waals surface area contributed by atoms with Crippen molar-refractivity contribution < 1.29 is 19.5 Å². The molecule has 110 valence electrons. The molecule has 0 heterocycles. The minimum Gasteiger partial charge on any atom is -0.529 e. The molecule has 2 N–H and O–H groups in total. The summed E-state index contributed by atoms with van der Waals surface area (Å²) < 4.78 is 11.0. The van der Waals surface area contributed by atoms with E-state index in [9.17, 15) is 0 Å². The molecule has 0 aliphatic heterocycles. The van der Waals surface area contributed by atoms with Crippen LogP contribution in [0.15, 0.2) is 48.5 Å². The number of rotatable bonds is 8. The minimum atomic E-state index is 0.138. The van der Waals surface area contributed by atoms with Gasteiger partial charge in [0.05, 0.1) is 0 Å². The molecule has 0 amide bonds. The van der Waals surface area contributed by atoms with Gasteiger partial charge in [0, 0.05) is 13.2 Å². The van der Waals surface area contributed by atoms with Crippen LogP contribution < -0.4 is 9.31 Å². The molecule has 0 fully saturated rings. The van der Waals surface area contributed by atoms with Crippen LogP contribution in [0.1, 0.15) is 11.1 Å². The van der Waals surface area contributed by atoms with E-state index in [2.05, 4.69) is 0 Å². The molecule has 4 nitrogen and oxygen atoms in total. The van der Waals surface area contributed by atoms with Crippen LogP contribution in [0.4, 0.5) is 0 Å². The molecule has 5 heteroatoms. The second-order valence-corrected chi connectivity index (χ2v) is 4.64. The van der Waals surface area contributed by atoms with E-state index >= 15 is 0 Å². The number of aliphatic hydroxyl groups excluding tert-OH is 2. The first kappa shape index (κ1) is 15.4. The van der Waals surface area contributed by atoms with Gasteiger partial charge in [0.15, 0.2) is 0 Å². The summed E-state index contributed by atoms with van der Waals surface area (Å²) in [6.07, 6.45) is 1.30. The molecule has 0 saturated carbocycles. The van der Waals surface area contributed by atoms with Crippen LogP contribution in [0.3, 0.4) is 0 Å². The summed E-state index contributed by atoms with van der Waals surface area (Å²) in [7, 11) is 0.138. The maximum absolute atomic E-state index is 8.84. The normalized spacial score (nSPS) is 10.2. The minimum absolute atomic E-state index is 0.138. The summed E-state index contributed by atoms with van der Waals surface area (Å²) in [4.78, 5) is 0. The van der Waals surface area contributed by atoms with Gasteiger partial charge in [0.2, 0.25) is 0 Å². The highest BCUT2D eigenvalue weighted by Gasteiger charge is 2.00. The van der Waals surface area contributed by atoms with E-state index in [1.54, 1.807) is 0 Å². The Morgan fingerprint density at radius 1 is 0.667 bits per heavy atom. The highest BCUT2D eigenvalue weighted by Crippen LogP contribution is 2.14. The fourth-order valence-corrected chi connectivity index (χ4v) is 1.93. The molecule has 2 aromatic rings. The zero-order chi connectivity index (χ0) is 14.9. The van der Waals surface area contributed by atoms with Crippen LogP contribution in [-0.4, -0.2) is 31.1 Å². The fourth-order valence-electron chi connectivity index (χ4n) is 1.93. The molecule has 0 bridgehead atoms. The van der Waals surface area contributed by atoms with Gasteiger partial charge in [-0.15, -0.1) is 0 Å². The van der Waals surface area contributed by atoms with Crippen molar-refractivity contribution in [1.82, 2.24) is 0 Å². The van der Waals surface area contributed by atoms with Crippen molar-refractivity contribution in [2.45, 2.75) is 12.8 Å². The van der Waals surface area contributed by atoms with E-state index in [1.807, 2.05) is 48.5 Å². The van der Waals surface area contributed by atoms with Crippen LogP contribution in [0, 0.1) is 0 Å². The second-order valence-electron chi connectivity index (χ2n) is 4.64. The van der Waals surface area contributed by atoms with E-state index < -0.39 is 0 Å². The topological polar surface area (TPSA) is 58.9 Å². The molecular weight excluding hydrogens is 267 g/mol. The van der Waals surface area contributed by atoms with Crippen molar-refractivity contribution in [1.29, 1.82) is 0 Å². The predicted molar refractivity (Wildman–Crippen MR) is 82.9 cm³/mol. The molecule has 0 atom stereocenters. The molecule has 0 aliphatic rings. The average Bonchev–Trinajstić information content (AvgIpc) is 2.51. The summed E-state index contributed by atoms with van der Waals surface area (Å²) in [5, 5.41) is 17.7. The Morgan fingerprint density at radius 3 is 1.38 bits per heavy atom. The Kier molecular flexibility index (Phi) is 6.12. The van der Waals surface area contributed by atoms with Crippen molar-refractivity contribution in [2.24, 2.45) is 0 Å². The van der Waals surface area contributed by atoms with Gasteiger partial charge in [-0.1, -0.05) is 24.3 Å². The number of benzene rings is 2. The lowest BCUT2D eigenvalue weighted by atomic mass is 10.1. The summed E-state index contributed by atoms with van der Waals surface area (Å²) in [5.74, 6) is 1.46. The number of hydrogen-bond acceptors (Lipinski definition) is 4. The molecule has 0 aromatic heterocycles. The van der Waals surface area contributed by atoms with Gasteiger partial charge < -0.3 is 19.5 Å². The SMILES string of the molecule is OCCc1ccc(OBOc2ccc(CCO)cc2)cc1. The van der Waals surface area contributed by atoms with Gasteiger partial charge >= 0.3 is 7.69 Å². The van der Waals surface area contributed by atoms with Crippen molar-refractivity contribution >= 4 is 7.69 Å².